The molecule has 1 aliphatic carbocycles. The van der Waals surface area contributed by atoms with E-state index in [9.17, 15) is 9.59 Å². The van der Waals surface area contributed by atoms with Crippen LogP contribution in [0.2, 0.25) is 0 Å². The molecule has 21 heavy (non-hydrogen) atoms. The molecule has 0 aliphatic heterocycles. The van der Waals surface area contributed by atoms with Gasteiger partial charge in [0.1, 0.15) is 0 Å². The van der Waals surface area contributed by atoms with Crippen LogP contribution >= 0.6 is 0 Å². The highest BCUT2D eigenvalue weighted by Crippen LogP contribution is 2.29. The van der Waals surface area contributed by atoms with Crippen molar-refractivity contribution in [1.82, 2.24) is 4.98 Å². The van der Waals surface area contributed by atoms with Crippen LogP contribution in [-0.4, -0.2) is 17.4 Å². The summed E-state index contributed by atoms with van der Waals surface area (Å²) in [6.07, 6.45) is 3.81. The zero-order chi connectivity index (χ0) is 14.8. The fourth-order valence-electron chi connectivity index (χ4n) is 2.93. The summed E-state index contributed by atoms with van der Waals surface area (Å²) in [6, 6.07) is 5.13. The number of benzene rings is 1. The SMILES string of the molecule is NCC1CCC(C(=O)Nc2ccc3oc(=O)[nH]c3c2)CC1. The lowest BCUT2D eigenvalue weighted by atomic mass is 9.81. The van der Waals surface area contributed by atoms with Crippen molar-refractivity contribution in [2.45, 2.75) is 25.7 Å². The van der Waals surface area contributed by atoms with Gasteiger partial charge in [-0.15, -0.1) is 0 Å². The number of fused-ring (bicyclic) bond motifs is 1. The standard InChI is InChI=1S/C15H19N3O3/c16-8-9-1-3-10(4-2-9)14(19)17-11-5-6-13-12(7-11)18-15(20)21-13/h5-7,9-10H,1-4,8,16H2,(H,17,19)(H,18,20). The molecule has 0 atom stereocenters. The van der Waals surface area contributed by atoms with Gasteiger partial charge in [-0.25, -0.2) is 4.79 Å². The molecule has 0 spiro atoms. The highest BCUT2D eigenvalue weighted by Gasteiger charge is 2.25. The van der Waals surface area contributed by atoms with Gasteiger partial charge in [0.2, 0.25) is 5.91 Å². The minimum Gasteiger partial charge on any atom is -0.408 e. The largest absolute Gasteiger partial charge is 0.417 e. The molecule has 1 saturated carbocycles. The van der Waals surface area contributed by atoms with Gasteiger partial charge >= 0.3 is 5.76 Å². The predicted molar refractivity (Wildman–Crippen MR) is 80.0 cm³/mol. The topological polar surface area (TPSA) is 101 Å². The maximum atomic E-state index is 12.3. The van der Waals surface area contributed by atoms with Gasteiger partial charge in [-0.2, -0.15) is 0 Å². The molecule has 3 rings (SSSR count). The van der Waals surface area contributed by atoms with Gasteiger partial charge in [-0.05, 0) is 56.3 Å². The number of H-pyrrole nitrogens is 1. The highest BCUT2D eigenvalue weighted by atomic mass is 16.4. The summed E-state index contributed by atoms with van der Waals surface area (Å²) in [5.41, 5.74) is 7.41. The Morgan fingerprint density at radius 3 is 2.81 bits per heavy atom. The fraction of sp³-hybridized carbons (Fsp3) is 0.467. The summed E-state index contributed by atoms with van der Waals surface area (Å²) in [4.78, 5) is 26.0. The number of nitrogens with one attached hydrogen (secondary N) is 2. The van der Waals surface area contributed by atoms with Crippen molar-refractivity contribution < 1.29 is 9.21 Å². The first-order valence-electron chi connectivity index (χ1n) is 7.29. The molecule has 0 saturated heterocycles. The number of amides is 1. The summed E-state index contributed by atoms with van der Waals surface area (Å²) in [5.74, 6) is 0.151. The smallest absolute Gasteiger partial charge is 0.408 e. The molecule has 1 fully saturated rings. The van der Waals surface area contributed by atoms with Gasteiger partial charge in [0.15, 0.2) is 5.58 Å². The Bertz CT molecular complexity index is 695. The second-order valence-corrected chi connectivity index (χ2v) is 5.67. The van der Waals surface area contributed by atoms with Crippen molar-refractivity contribution >= 4 is 22.7 Å². The average Bonchev–Trinajstić information content (AvgIpc) is 2.86. The number of rotatable bonds is 3. The van der Waals surface area contributed by atoms with Crippen LogP contribution in [0.5, 0.6) is 0 Å². The number of carbonyl (C=O) groups excluding carboxylic acids is 1. The molecular weight excluding hydrogens is 270 g/mol. The Kier molecular flexibility index (Phi) is 3.79. The van der Waals surface area contributed by atoms with Crippen LogP contribution in [0.3, 0.4) is 0 Å². The fourth-order valence-corrected chi connectivity index (χ4v) is 2.93. The van der Waals surface area contributed by atoms with E-state index in [0.717, 1.165) is 25.7 Å². The summed E-state index contributed by atoms with van der Waals surface area (Å²) in [5, 5.41) is 2.91. The lowest BCUT2D eigenvalue weighted by Crippen LogP contribution is -2.29. The van der Waals surface area contributed by atoms with Crippen molar-refractivity contribution in [3.05, 3.63) is 28.7 Å². The molecule has 1 amide bonds. The molecule has 1 aromatic heterocycles. The van der Waals surface area contributed by atoms with Crippen LogP contribution in [0.25, 0.3) is 11.1 Å². The second-order valence-electron chi connectivity index (χ2n) is 5.67. The normalized spacial score (nSPS) is 22.3. The van der Waals surface area contributed by atoms with E-state index in [1.165, 1.54) is 0 Å². The predicted octanol–water partition coefficient (Wildman–Crippen LogP) is 1.82. The lowest BCUT2D eigenvalue weighted by molar-refractivity contribution is -0.121. The van der Waals surface area contributed by atoms with E-state index >= 15 is 0 Å². The zero-order valence-electron chi connectivity index (χ0n) is 11.7. The summed E-state index contributed by atoms with van der Waals surface area (Å²) >= 11 is 0. The molecule has 0 radical (unpaired) electrons. The second kappa shape index (κ2) is 5.73. The molecule has 1 heterocycles. The third kappa shape index (κ3) is 3.00. The van der Waals surface area contributed by atoms with Gasteiger partial charge in [-0.3, -0.25) is 9.78 Å². The van der Waals surface area contributed by atoms with E-state index in [-0.39, 0.29) is 11.8 Å². The van der Waals surface area contributed by atoms with Gasteiger partial charge in [0.25, 0.3) is 0 Å². The average molecular weight is 289 g/mol. The third-order valence-corrected chi connectivity index (χ3v) is 4.24. The number of anilines is 1. The van der Waals surface area contributed by atoms with Gasteiger partial charge in [-0.1, -0.05) is 0 Å². The molecule has 2 aromatic rings. The van der Waals surface area contributed by atoms with Crippen LogP contribution in [-0.2, 0) is 4.79 Å². The first-order valence-corrected chi connectivity index (χ1v) is 7.29. The molecule has 1 aromatic carbocycles. The van der Waals surface area contributed by atoms with Crippen molar-refractivity contribution in [3.8, 4) is 0 Å². The number of hydrogen-bond acceptors (Lipinski definition) is 4. The van der Waals surface area contributed by atoms with Crippen molar-refractivity contribution in [1.29, 1.82) is 0 Å². The maximum Gasteiger partial charge on any atom is 0.417 e. The van der Waals surface area contributed by atoms with Crippen LogP contribution in [0.1, 0.15) is 25.7 Å². The van der Waals surface area contributed by atoms with Gasteiger partial charge in [0, 0.05) is 11.6 Å². The first-order chi connectivity index (χ1) is 10.2. The monoisotopic (exact) mass is 289 g/mol. The summed E-state index contributed by atoms with van der Waals surface area (Å²) in [7, 11) is 0. The van der Waals surface area contributed by atoms with E-state index in [2.05, 4.69) is 10.3 Å². The van der Waals surface area contributed by atoms with E-state index in [4.69, 9.17) is 10.2 Å². The van der Waals surface area contributed by atoms with E-state index in [0.29, 0.717) is 29.2 Å². The van der Waals surface area contributed by atoms with Crippen LogP contribution in [0, 0.1) is 11.8 Å². The van der Waals surface area contributed by atoms with Crippen LogP contribution in [0.15, 0.2) is 27.4 Å². The van der Waals surface area contributed by atoms with Crippen molar-refractivity contribution in [3.63, 3.8) is 0 Å². The van der Waals surface area contributed by atoms with Crippen LogP contribution < -0.4 is 16.8 Å². The quantitative estimate of drug-likeness (QED) is 0.802. The van der Waals surface area contributed by atoms with E-state index in [1.54, 1.807) is 18.2 Å². The Labute approximate surface area is 121 Å². The highest BCUT2D eigenvalue weighted by molar-refractivity contribution is 5.94. The number of hydrogen-bond donors (Lipinski definition) is 3. The molecule has 6 heteroatoms. The summed E-state index contributed by atoms with van der Waals surface area (Å²) in [6.45, 7) is 0.707. The maximum absolute atomic E-state index is 12.3. The number of carbonyl (C=O) groups is 1. The Hall–Kier alpha value is -2.08. The van der Waals surface area contributed by atoms with Gasteiger partial charge < -0.3 is 15.5 Å². The van der Waals surface area contributed by atoms with Crippen molar-refractivity contribution in [2.24, 2.45) is 17.6 Å². The zero-order valence-corrected chi connectivity index (χ0v) is 11.7. The van der Waals surface area contributed by atoms with Crippen molar-refractivity contribution in [2.75, 3.05) is 11.9 Å². The minimum atomic E-state index is -0.492. The van der Waals surface area contributed by atoms with Crippen LogP contribution in [0.4, 0.5) is 5.69 Å². The Morgan fingerprint density at radius 2 is 2.10 bits per heavy atom. The number of nitrogens with two attached hydrogens (primary N) is 1. The van der Waals surface area contributed by atoms with E-state index < -0.39 is 5.76 Å². The number of oxazole rings is 1. The molecule has 0 bridgehead atoms. The Morgan fingerprint density at radius 1 is 1.33 bits per heavy atom. The van der Waals surface area contributed by atoms with Gasteiger partial charge in [0.05, 0.1) is 5.52 Å². The number of aromatic amines is 1. The molecular formula is C15H19N3O3. The lowest BCUT2D eigenvalue weighted by Gasteiger charge is -2.26. The number of aromatic nitrogens is 1. The third-order valence-electron chi connectivity index (χ3n) is 4.24. The molecule has 4 N–H and O–H groups in total. The first kappa shape index (κ1) is 13.9. The summed E-state index contributed by atoms with van der Waals surface area (Å²) < 4.78 is 4.93. The minimum absolute atomic E-state index is 0.0377. The Balaban J connectivity index is 1.67. The molecule has 6 nitrogen and oxygen atoms in total. The molecule has 0 unspecified atom stereocenters. The molecule has 112 valence electrons. The van der Waals surface area contributed by atoms with E-state index in [1.807, 2.05) is 0 Å². The molecule has 1 aliphatic rings.